The lowest BCUT2D eigenvalue weighted by Crippen LogP contribution is -2.55. The van der Waals surface area contributed by atoms with E-state index < -0.39 is 18.0 Å². The summed E-state index contributed by atoms with van der Waals surface area (Å²) in [4.78, 5) is 26.6. The third-order valence-corrected chi connectivity index (χ3v) is 5.01. The summed E-state index contributed by atoms with van der Waals surface area (Å²) in [5.74, 6) is -0.798. The van der Waals surface area contributed by atoms with Gasteiger partial charge in [-0.25, -0.2) is 4.79 Å². The monoisotopic (exact) mass is 369 g/mol. The van der Waals surface area contributed by atoms with E-state index in [0.717, 1.165) is 0 Å². The Balaban J connectivity index is 1.96. The zero-order valence-corrected chi connectivity index (χ0v) is 14.4. The van der Waals surface area contributed by atoms with Gasteiger partial charge in [-0.3, -0.25) is 4.79 Å². The number of ether oxygens (including phenoxy) is 1. The molecule has 1 aromatic rings. The van der Waals surface area contributed by atoms with Crippen LogP contribution in [0.2, 0.25) is 10.0 Å². The van der Waals surface area contributed by atoms with E-state index in [1.807, 2.05) is 0 Å². The van der Waals surface area contributed by atoms with Crippen LogP contribution in [0.15, 0.2) is 30.5 Å². The van der Waals surface area contributed by atoms with Crippen LogP contribution in [-0.2, 0) is 9.53 Å². The standard InChI is InChI=1S/C16H17Cl2N3O3/c1-9-12(15(22)21-5-7-24-8-6-21)14(20-16(23)19-9)10-3-2-4-11(17)13(10)18/h2-4,12,14H,1,5-8H2,(H2,19,20,23)/t12-,14+/m1/s1. The topological polar surface area (TPSA) is 70.7 Å². The van der Waals surface area contributed by atoms with Crippen LogP contribution in [0.5, 0.6) is 0 Å². The molecule has 2 N–H and O–H groups in total. The van der Waals surface area contributed by atoms with Crippen molar-refractivity contribution in [3.8, 4) is 0 Å². The fraction of sp³-hybridized carbons (Fsp3) is 0.375. The van der Waals surface area contributed by atoms with Crippen molar-refractivity contribution in [1.82, 2.24) is 15.5 Å². The molecule has 2 atom stereocenters. The first-order valence-corrected chi connectivity index (χ1v) is 8.31. The molecule has 0 aliphatic carbocycles. The molecule has 0 radical (unpaired) electrons. The number of hydrogen-bond donors (Lipinski definition) is 2. The average molecular weight is 370 g/mol. The highest BCUT2D eigenvalue weighted by Crippen LogP contribution is 2.37. The van der Waals surface area contributed by atoms with Crippen LogP contribution in [0.25, 0.3) is 0 Å². The smallest absolute Gasteiger partial charge is 0.319 e. The number of nitrogens with one attached hydrogen (secondary N) is 2. The minimum atomic E-state index is -0.670. The van der Waals surface area contributed by atoms with E-state index in [0.29, 0.717) is 47.6 Å². The molecule has 3 rings (SSSR count). The van der Waals surface area contributed by atoms with Gasteiger partial charge in [0.15, 0.2) is 0 Å². The third kappa shape index (κ3) is 3.22. The summed E-state index contributed by atoms with van der Waals surface area (Å²) >= 11 is 12.4. The molecule has 2 heterocycles. The van der Waals surface area contributed by atoms with Crippen molar-refractivity contribution in [3.63, 3.8) is 0 Å². The number of rotatable bonds is 2. The van der Waals surface area contributed by atoms with Gasteiger partial charge in [0, 0.05) is 18.8 Å². The molecule has 1 aromatic carbocycles. The number of benzene rings is 1. The Morgan fingerprint density at radius 1 is 1.29 bits per heavy atom. The van der Waals surface area contributed by atoms with Crippen molar-refractivity contribution in [2.45, 2.75) is 6.04 Å². The molecule has 6 nitrogen and oxygen atoms in total. The Bertz CT molecular complexity index is 689. The second-order valence-electron chi connectivity index (χ2n) is 5.66. The first-order chi connectivity index (χ1) is 11.5. The predicted octanol–water partition coefficient (Wildman–Crippen LogP) is 2.34. The number of halogens is 2. The highest BCUT2D eigenvalue weighted by molar-refractivity contribution is 6.42. The third-order valence-electron chi connectivity index (χ3n) is 4.17. The zero-order valence-electron chi connectivity index (χ0n) is 12.9. The van der Waals surface area contributed by atoms with Gasteiger partial charge in [0.1, 0.15) is 5.92 Å². The van der Waals surface area contributed by atoms with Gasteiger partial charge in [-0.1, -0.05) is 41.9 Å². The van der Waals surface area contributed by atoms with E-state index in [4.69, 9.17) is 27.9 Å². The number of amides is 3. The Morgan fingerprint density at radius 2 is 2.00 bits per heavy atom. The van der Waals surface area contributed by atoms with Crippen LogP contribution in [0, 0.1) is 5.92 Å². The summed E-state index contributed by atoms with van der Waals surface area (Å²) in [7, 11) is 0. The Morgan fingerprint density at radius 3 is 2.71 bits per heavy atom. The molecule has 0 unspecified atom stereocenters. The minimum absolute atomic E-state index is 0.128. The quantitative estimate of drug-likeness (QED) is 0.840. The number of carbonyl (C=O) groups is 2. The number of morpholine rings is 1. The maximum Gasteiger partial charge on any atom is 0.319 e. The number of hydrogen-bond acceptors (Lipinski definition) is 3. The first kappa shape index (κ1) is 17.1. The number of nitrogens with zero attached hydrogens (tertiary/aromatic N) is 1. The maximum absolute atomic E-state index is 13.0. The summed E-state index contributed by atoms with van der Waals surface area (Å²) in [6.07, 6.45) is 0. The van der Waals surface area contributed by atoms with Crippen molar-refractivity contribution >= 4 is 35.1 Å². The van der Waals surface area contributed by atoms with Gasteiger partial charge >= 0.3 is 6.03 Å². The Labute approximate surface area is 149 Å². The van der Waals surface area contributed by atoms with Crippen LogP contribution < -0.4 is 10.6 Å². The number of urea groups is 1. The van der Waals surface area contributed by atoms with Gasteiger partial charge < -0.3 is 20.3 Å². The molecular weight excluding hydrogens is 353 g/mol. The lowest BCUT2D eigenvalue weighted by atomic mass is 9.87. The van der Waals surface area contributed by atoms with Crippen LogP contribution in [-0.4, -0.2) is 43.1 Å². The van der Waals surface area contributed by atoms with Crippen LogP contribution >= 0.6 is 23.2 Å². The second kappa shape index (κ2) is 7.01. The summed E-state index contributed by atoms with van der Waals surface area (Å²) in [6, 6.07) is 4.08. The molecule has 8 heteroatoms. The van der Waals surface area contributed by atoms with Gasteiger partial charge in [0.25, 0.3) is 0 Å². The van der Waals surface area contributed by atoms with Gasteiger partial charge in [0.05, 0.1) is 29.3 Å². The Kier molecular flexibility index (Phi) is 4.99. The fourth-order valence-corrected chi connectivity index (χ4v) is 3.40. The molecule has 128 valence electrons. The lowest BCUT2D eigenvalue weighted by Gasteiger charge is -2.38. The molecule has 0 aromatic heterocycles. The van der Waals surface area contributed by atoms with Crippen molar-refractivity contribution in [2.24, 2.45) is 5.92 Å². The largest absolute Gasteiger partial charge is 0.378 e. The highest BCUT2D eigenvalue weighted by atomic mass is 35.5. The highest BCUT2D eigenvalue weighted by Gasteiger charge is 2.41. The molecule has 2 fully saturated rings. The van der Waals surface area contributed by atoms with E-state index in [1.54, 1.807) is 23.1 Å². The first-order valence-electron chi connectivity index (χ1n) is 7.56. The van der Waals surface area contributed by atoms with Crippen LogP contribution in [0.1, 0.15) is 11.6 Å². The normalized spacial score (nSPS) is 24.3. The average Bonchev–Trinajstić information content (AvgIpc) is 2.57. The van der Waals surface area contributed by atoms with E-state index in [9.17, 15) is 9.59 Å². The molecular formula is C16H17Cl2N3O3. The molecule has 2 aliphatic heterocycles. The van der Waals surface area contributed by atoms with Crippen molar-refractivity contribution < 1.29 is 14.3 Å². The SMILES string of the molecule is C=C1NC(=O)N[C@@H](c2cccc(Cl)c2Cl)[C@@H]1C(=O)N1CCOCC1. The van der Waals surface area contributed by atoms with E-state index in [2.05, 4.69) is 17.2 Å². The van der Waals surface area contributed by atoms with Gasteiger partial charge in [-0.05, 0) is 11.6 Å². The second-order valence-corrected chi connectivity index (χ2v) is 6.44. The number of carbonyl (C=O) groups excluding carboxylic acids is 2. The van der Waals surface area contributed by atoms with Crippen molar-refractivity contribution in [1.29, 1.82) is 0 Å². The maximum atomic E-state index is 13.0. The Hall–Kier alpha value is -1.76. The molecule has 0 bridgehead atoms. The summed E-state index contributed by atoms with van der Waals surface area (Å²) in [5.41, 5.74) is 0.933. The zero-order chi connectivity index (χ0) is 17.3. The van der Waals surface area contributed by atoms with E-state index in [1.165, 1.54) is 0 Å². The minimum Gasteiger partial charge on any atom is -0.378 e. The summed E-state index contributed by atoms with van der Waals surface area (Å²) < 4.78 is 5.29. The van der Waals surface area contributed by atoms with E-state index in [-0.39, 0.29) is 5.91 Å². The van der Waals surface area contributed by atoms with Gasteiger partial charge in [-0.15, -0.1) is 0 Å². The predicted molar refractivity (Wildman–Crippen MR) is 90.9 cm³/mol. The molecule has 0 spiro atoms. The van der Waals surface area contributed by atoms with Crippen molar-refractivity contribution in [3.05, 3.63) is 46.1 Å². The fourth-order valence-electron chi connectivity index (χ4n) is 2.98. The van der Waals surface area contributed by atoms with Crippen LogP contribution in [0.4, 0.5) is 4.79 Å². The molecule has 0 saturated carbocycles. The molecule has 2 aliphatic rings. The summed E-state index contributed by atoms with van der Waals surface area (Å²) in [6.45, 7) is 5.86. The van der Waals surface area contributed by atoms with Crippen LogP contribution in [0.3, 0.4) is 0 Å². The molecule has 2 saturated heterocycles. The van der Waals surface area contributed by atoms with Gasteiger partial charge in [-0.2, -0.15) is 0 Å². The molecule has 24 heavy (non-hydrogen) atoms. The van der Waals surface area contributed by atoms with Crippen molar-refractivity contribution in [2.75, 3.05) is 26.3 Å². The summed E-state index contributed by atoms with van der Waals surface area (Å²) in [5, 5.41) is 6.04. The van der Waals surface area contributed by atoms with Gasteiger partial charge in [0.2, 0.25) is 5.91 Å². The molecule has 3 amide bonds. The lowest BCUT2D eigenvalue weighted by molar-refractivity contribution is -0.139. The van der Waals surface area contributed by atoms with E-state index >= 15 is 0 Å².